The van der Waals surface area contributed by atoms with E-state index in [-0.39, 0.29) is 12.6 Å². The van der Waals surface area contributed by atoms with Crippen LogP contribution in [0.2, 0.25) is 0 Å². The lowest BCUT2D eigenvalue weighted by Crippen LogP contribution is -2.18. The van der Waals surface area contributed by atoms with Gasteiger partial charge in [0, 0.05) is 18.0 Å². The number of nitrogens with one attached hydrogen (secondary N) is 1. The zero-order valence-corrected chi connectivity index (χ0v) is 11.5. The lowest BCUT2D eigenvalue weighted by atomic mass is 10.1. The second-order valence-electron chi connectivity index (χ2n) is 4.10. The van der Waals surface area contributed by atoms with Gasteiger partial charge in [-0.3, -0.25) is 0 Å². The number of hydrogen-bond donors (Lipinski definition) is 1. The number of nitrogens with zero attached hydrogens (tertiary/aromatic N) is 2. The van der Waals surface area contributed by atoms with Crippen LogP contribution in [0.15, 0.2) is 35.2 Å². The van der Waals surface area contributed by atoms with Crippen molar-refractivity contribution >= 4 is 11.3 Å². The highest BCUT2D eigenvalue weighted by Crippen LogP contribution is 2.18. The van der Waals surface area contributed by atoms with Crippen LogP contribution in [-0.2, 0) is 6.54 Å². The maximum absolute atomic E-state index is 8.44. The van der Waals surface area contributed by atoms with Gasteiger partial charge in [0.2, 0.25) is 0 Å². The number of ether oxygens (including phenoxy) is 1. The van der Waals surface area contributed by atoms with Crippen molar-refractivity contribution in [1.29, 1.82) is 5.26 Å². The van der Waals surface area contributed by atoms with E-state index in [4.69, 9.17) is 10.00 Å². The zero-order chi connectivity index (χ0) is 13.5. The van der Waals surface area contributed by atoms with Crippen LogP contribution in [0.3, 0.4) is 0 Å². The first-order chi connectivity index (χ1) is 9.29. The topological polar surface area (TPSA) is 57.9 Å². The Kier molecular flexibility index (Phi) is 4.90. The summed E-state index contributed by atoms with van der Waals surface area (Å²) < 4.78 is 5.22. The summed E-state index contributed by atoms with van der Waals surface area (Å²) >= 11 is 1.60. The van der Waals surface area contributed by atoms with Gasteiger partial charge in [-0.15, -0.1) is 11.3 Å². The van der Waals surface area contributed by atoms with Crippen LogP contribution in [0, 0.1) is 11.3 Å². The highest BCUT2D eigenvalue weighted by atomic mass is 32.1. The fraction of sp³-hybridized carbons (Fsp3) is 0.286. The summed E-state index contributed by atoms with van der Waals surface area (Å²) in [6.45, 7) is 2.95. The normalized spacial score (nSPS) is 11.8. The lowest BCUT2D eigenvalue weighted by molar-refractivity contribution is 0.368. The third-order valence-corrected chi connectivity index (χ3v) is 3.39. The number of rotatable bonds is 6. The molecular weight excluding hydrogens is 258 g/mol. The fourth-order valence-electron chi connectivity index (χ4n) is 1.67. The Morgan fingerprint density at radius 2 is 2.21 bits per heavy atom. The molecule has 0 amide bonds. The highest BCUT2D eigenvalue weighted by Gasteiger charge is 2.05. The third kappa shape index (κ3) is 4.05. The predicted octanol–water partition coefficient (Wildman–Crippen LogP) is 2.90. The van der Waals surface area contributed by atoms with E-state index >= 15 is 0 Å². The smallest absolute Gasteiger partial charge is 0.174 e. The molecule has 0 bridgehead atoms. The largest absolute Gasteiger partial charge is 0.479 e. The molecule has 2 rings (SSSR count). The number of thiazole rings is 1. The first-order valence-electron chi connectivity index (χ1n) is 6.00. The summed E-state index contributed by atoms with van der Waals surface area (Å²) in [5.74, 6) is 0.719. The standard InChI is InChI=1S/C14H15N3OS/c1-11(16-8-13-9-19-10-17-13)12-2-4-14(5-3-12)18-7-6-15/h2-5,9-11,16H,7-8H2,1H3. The molecule has 0 saturated carbocycles. The van der Waals surface area contributed by atoms with E-state index in [1.54, 1.807) is 11.3 Å². The molecule has 1 heterocycles. The van der Waals surface area contributed by atoms with Gasteiger partial charge in [0.05, 0.1) is 11.2 Å². The summed E-state index contributed by atoms with van der Waals surface area (Å²) in [5, 5.41) is 13.9. The van der Waals surface area contributed by atoms with Crippen LogP contribution >= 0.6 is 11.3 Å². The fourth-order valence-corrected chi connectivity index (χ4v) is 2.23. The number of aromatic nitrogens is 1. The van der Waals surface area contributed by atoms with Crippen molar-refractivity contribution in [2.24, 2.45) is 0 Å². The van der Waals surface area contributed by atoms with E-state index < -0.39 is 0 Å². The van der Waals surface area contributed by atoms with Crippen molar-refractivity contribution in [2.45, 2.75) is 19.5 Å². The van der Waals surface area contributed by atoms with Crippen LogP contribution in [0.1, 0.15) is 24.2 Å². The van der Waals surface area contributed by atoms with E-state index in [9.17, 15) is 0 Å². The van der Waals surface area contributed by atoms with Gasteiger partial charge in [-0.25, -0.2) is 4.98 Å². The van der Waals surface area contributed by atoms with E-state index in [1.807, 2.05) is 41.2 Å². The number of benzene rings is 1. The SMILES string of the molecule is CC(NCc1cscn1)c1ccc(OCC#N)cc1. The van der Waals surface area contributed by atoms with E-state index in [2.05, 4.69) is 17.2 Å². The molecule has 0 radical (unpaired) electrons. The van der Waals surface area contributed by atoms with Crippen molar-refractivity contribution < 1.29 is 4.74 Å². The van der Waals surface area contributed by atoms with Gasteiger partial charge in [-0.1, -0.05) is 12.1 Å². The quantitative estimate of drug-likeness (QED) is 0.879. The molecule has 19 heavy (non-hydrogen) atoms. The van der Waals surface area contributed by atoms with Crippen molar-refractivity contribution in [3.8, 4) is 11.8 Å². The second kappa shape index (κ2) is 6.88. The Labute approximate surface area is 116 Å². The molecule has 0 aliphatic rings. The minimum Gasteiger partial charge on any atom is -0.479 e. The minimum absolute atomic E-state index is 0.0803. The van der Waals surface area contributed by atoms with Gasteiger partial charge in [0.1, 0.15) is 11.8 Å². The Balaban J connectivity index is 1.88. The molecule has 0 aliphatic heterocycles. The maximum atomic E-state index is 8.44. The van der Waals surface area contributed by atoms with Crippen LogP contribution in [0.5, 0.6) is 5.75 Å². The van der Waals surface area contributed by atoms with Crippen molar-refractivity contribution in [1.82, 2.24) is 10.3 Å². The van der Waals surface area contributed by atoms with Crippen LogP contribution in [-0.4, -0.2) is 11.6 Å². The molecule has 1 unspecified atom stereocenters. The third-order valence-electron chi connectivity index (χ3n) is 2.76. The van der Waals surface area contributed by atoms with Gasteiger partial charge in [0.25, 0.3) is 0 Å². The lowest BCUT2D eigenvalue weighted by Gasteiger charge is -2.13. The Hall–Kier alpha value is -1.90. The van der Waals surface area contributed by atoms with E-state index in [0.717, 1.165) is 18.0 Å². The van der Waals surface area contributed by atoms with Crippen LogP contribution < -0.4 is 10.1 Å². The molecule has 1 atom stereocenters. The summed E-state index contributed by atoms with van der Waals surface area (Å²) in [7, 11) is 0. The number of nitriles is 1. The monoisotopic (exact) mass is 273 g/mol. The van der Waals surface area contributed by atoms with Gasteiger partial charge >= 0.3 is 0 Å². The zero-order valence-electron chi connectivity index (χ0n) is 10.7. The average Bonchev–Trinajstić information content (AvgIpc) is 2.96. The molecule has 1 aromatic heterocycles. The average molecular weight is 273 g/mol. The predicted molar refractivity (Wildman–Crippen MR) is 74.9 cm³/mol. The maximum Gasteiger partial charge on any atom is 0.174 e. The minimum atomic E-state index is 0.0803. The van der Waals surface area contributed by atoms with Crippen LogP contribution in [0.25, 0.3) is 0 Å². The molecule has 1 aromatic carbocycles. The highest BCUT2D eigenvalue weighted by molar-refractivity contribution is 7.07. The molecular formula is C14H15N3OS. The van der Waals surface area contributed by atoms with Gasteiger partial charge in [-0.05, 0) is 24.6 Å². The molecule has 1 N–H and O–H groups in total. The van der Waals surface area contributed by atoms with Crippen molar-refractivity contribution in [2.75, 3.05) is 6.61 Å². The first kappa shape index (κ1) is 13.5. The summed E-state index contributed by atoms with van der Waals surface area (Å²) in [5.41, 5.74) is 4.08. The van der Waals surface area contributed by atoms with Crippen molar-refractivity contribution in [3.63, 3.8) is 0 Å². The molecule has 4 nitrogen and oxygen atoms in total. The van der Waals surface area contributed by atoms with Gasteiger partial charge < -0.3 is 10.1 Å². The molecule has 98 valence electrons. The molecule has 0 spiro atoms. The summed E-state index contributed by atoms with van der Waals surface area (Å²) in [6.07, 6.45) is 0. The second-order valence-corrected chi connectivity index (χ2v) is 4.82. The molecule has 0 aliphatic carbocycles. The van der Waals surface area contributed by atoms with Gasteiger partial charge in [-0.2, -0.15) is 5.26 Å². The summed E-state index contributed by atoms with van der Waals surface area (Å²) in [4.78, 5) is 4.24. The Morgan fingerprint density at radius 3 is 2.84 bits per heavy atom. The molecule has 0 fully saturated rings. The molecule has 0 saturated heterocycles. The Bertz CT molecular complexity index is 531. The molecule has 2 aromatic rings. The van der Waals surface area contributed by atoms with E-state index in [0.29, 0.717) is 0 Å². The van der Waals surface area contributed by atoms with Gasteiger partial charge in [0.15, 0.2) is 6.61 Å². The van der Waals surface area contributed by atoms with E-state index in [1.165, 1.54) is 5.56 Å². The summed E-state index contributed by atoms with van der Waals surface area (Å²) in [6, 6.07) is 9.97. The Morgan fingerprint density at radius 1 is 1.42 bits per heavy atom. The van der Waals surface area contributed by atoms with Crippen LogP contribution in [0.4, 0.5) is 0 Å². The number of hydrogen-bond acceptors (Lipinski definition) is 5. The van der Waals surface area contributed by atoms with Crippen molar-refractivity contribution in [3.05, 3.63) is 46.4 Å². The molecule has 5 heteroatoms. The first-order valence-corrected chi connectivity index (χ1v) is 6.94.